The number of alkyl halides is 1. The number of halogens is 1. The summed E-state index contributed by atoms with van der Waals surface area (Å²) >= 11 is 6.49. The van der Waals surface area contributed by atoms with Crippen LogP contribution < -0.4 is 5.43 Å². The van der Waals surface area contributed by atoms with Crippen molar-refractivity contribution in [2.75, 3.05) is 13.1 Å². The molecule has 6 nitrogen and oxygen atoms in total. The lowest BCUT2D eigenvalue weighted by Crippen LogP contribution is -2.44. The monoisotopic (exact) mass is 528 g/mol. The summed E-state index contributed by atoms with van der Waals surface area (Å²) in [6, 6.07) is 23.9. The van der Waals surface area contributed by atoms with Gasteiger partial charge >= 0.3 is 0 Å². The van der Waals surface area contributed by atoms with Crippen LogP contribution >= 0.6 is 11.6 Å². The van der Waals surface area contributed by atoms with Gasteiger partial charge in [-0.05, 0) is 30.2 Å². The van der Waals surface area contributed by atoms with E-state index in [0.29, 0.717) is 22.1 Å². The molecule has 1 heterocycles. The van der Waals surface area contributed by atoms with Crippen molar-refractivity contribution in [1.29, 1.82) is 0 Å². The van der Waals surface area contributed by atoms with Crippen molar-refractivity contribution in [3.63, 3.8) is 0 Å². The summed E-state index contributed by atoms with van der Waals surface area (Å²) in [7, 11) is 0. The normalized spacial score (nSPS) is 11.6. The number of aryl methyl sites for hydroxylation is 1. The summed E-state index contributed by atoms with van der Waals surface area (Å²) < 4.78 is 5.71. The molecule has 0 fully saturated rings. The molecule has 2 amide bonds. The molecule has 0 aliphatic carbocycles. The average Bonchev–Trinajstić information content (AvgIpc) is 2.94. The summed E-state index contributed by atoms with van der Waals surface area (Å²) in [6.45, 7) is 5.85. The van der Waals surface area contributed by atoms with Gasteiger partial charge in [-0.15, -0.1) is 18.2 Å². The van der Waals surface area contributed by atoms with Crippen molar-refractivity contribution in [2.24, 2.45) is 0 Å². The number of benzene rings is 3. The molecule has 0 saturated heterocycles. The molecule has 1 unspecified atom stereocenters. The second kappa shape index (κ2) is 12.4. The van der Waals surface area contributed by atoms with E-state index in [1.165, 1.54) is 11.2 Å². The van der Waals surface area contributed by atoms with Gasteiger partial charge in [0.2, 0.25) is 11.8 Å². The van der Waals surface area contributed by atoms with E-state index >= 15 is 0 Å². The van der Waals surface area contributed by atoms with E-state index in [9.17, 15) is 14.4 Å². The first-order valence-electron chi connectivity index (χ1n) is 12.3. The van der Waals surface area contributed by atoms with Crippen molar-refractivity contribution >= 4 is 34.4 Å². The Morgan fingerprint density at radius 1 is 0.974 bits per heavy atom. The van der Waals surface area contributed by atoms with E-state index in [1.54, 1.807) is 47.4 Å². The van der Waals surface area contributed by atoms with Crippen molar-refractivity contribution in [2.45, 2.75) is 25.4 Å². The number of rotatable bonds is 10. The maximum absolute atomic E-state index is 13.7. The molecule has 194 valence electrons. The molecular weight excluding hydrogens is 500 g/mol. The number of amides is 2. The zero-order valence-corrected chi connectivity index (χ0v) is 21.9. The molecule has 0 N–H and O–H groups in total. The fraction of sp³-hybridized carbons (Fsp3) is 0.194. The predicted molar refractivity (Wildman–Crippen MR) is 150 cm³/mol. The van der Waals surface area contributed by atoms with Crippen LogP contribution in [0.1, 0.15) is 27.6 Å². The highest BCUT2D eigenvalue weighted by Crippen LogP contribution is 2.23. The first-order valence-corrected chi connectivity index (χ1v) is 12.7. The van der Waals surface area contributed by atoms with Gasteiger partial charge in [-0.2, -0.15) is 0 Å². The largest absolute Gasteiger partial charge is 0.464 e. The summed E-state index contributed by atoms with van der Waals surface area (Å²) in [6.07, 6.45) is 2.96. The van der Waals surface area contributed by atoms with Gasteiger partial charge < -0.3 is 14.2 Å². The minimum Gasteiger partial charge on any atom is -0.464 e. The summed E-state index contributed by atoms with van der Waals surface area (Å²) in [5, 5.41) is -0.479. The Morgan fingerprint density at radius 2 is 1.66 bits per heavy atom. The molecule has 4 rings (SSSR count). The van der Waals surface area contributed by atoms with E-state index in [0.717, 1.165) is 11.1 Å². The van der Waals surface area contributed by atoms with Crippen LogP contribution in [0.25, 0.3) is 11.0 Å². The van der Waals surface area contributed by atoms with Crippen LogP contribution in [0.4, 0.5) is 0 Å². The van der Waals surface area contributed by atoms with Gasteiger partial charge in [0.05, 0.1) is 23.8 Å². The van der Waals surface area contributed by atoms with E-state index in [1.807, 2.05) is 49.4 Å². The molecule has 1 atom stereocenters. The topological polar surface area (TPSA) is 70.8 Å². The Morgan fingerprint density at radius 3 is 2.34 bits per heavy atom. The van der Waals surface area contributed by atoms with Crippen LogP contribution in [-0.2, 0) is 22.7 Å². The highest BCUT2D eigenvalue weighted by molar-refractivity contribution is 6.30. The minimum absolute atomic E-state index is 0.0268. The third-order valence-electron chi connectivity index (χ3n) is 6.23. The van der Waals surface area contributed by atoms with Crippen molar-refractivity contribution in [3.8, 4) is 0 Å². The number of nitrogens with zero attached hydrogens (tertiary/aromatic N) is 2. The number of carbonyl (C=O) groups is 2. The van der Waals surface area contributed by atoms with Gasteiger partial charge in [-0.1, -0.05) is 78.4 Å². The highest BCUT2D eigenvalue weighted by Gasteiger charge is 2.27. The number of hydrogen-bond acceptors (Lipinski definition) is 4. The quantitative estimate of drug-likeness (QED) is 0.198. The van der Waals surface area contributed by atoms with Crippen molar-refractivity contribution < 1.29 is 14.0 Å². The standard InChI is InChI=1S/C31H29ClN2O4/c1-3-16-33(31(37)29(32)24-12-8-5-9-13-24)20-28(35)34(18-23-10-6-4-7-11-23)19-25-21-38-27-15-14-22(2)17-26(27)30(25)36/h3-15,17,21,29H,1,16,18-20H2,2H3. The smallest absolute Gasteiger partial charge is 0.245 e. The first kappa shape index (κ1) is 26.9. The lowest BCUT2D eigenvalue weighted by Gasteiger charge is -2.28. The summed E-state index contributed by atoms with van der Waals surface area (Å²) in [5.41, 5.74) is 3.13. The zero-order valence-electron chi connectivity index (χ0n) is 21.2. The van der Waals surface area contributed by atoms with Crippen LogP contribution in [-0.4, -0.2) is 34.7 Å². The molecule has 0 bridgehead atoms. The average molecular weight is 529 g/mol. The molecule has 7 heteroatoms. The van der Waals surface area contributed by atoms with E-state index < -0.39 is 11.3 Å². The second-order valence-electron chi connectivity index (χ2n) is 9.11. The fourth-order valence-electron chi connectivity index (χ4n) is 4.21. The molecule has 0 aliphatic heterocycles. The van der Waals surface area contributed by atoms with Crippen LogP contribution in [0.15, 0.2) is 107 Å². The molecule has 0 aliphatic rings. The molecule has 0 radical (unpaired) electrons. The number of fused-ring (bicyclic) bond motifs is 1. The molecule has 0 spiro atoms. The zero-order chi connectivity index (χ0) is 27.1. The Labute approximate surface area is 226 Å². The van der Waals surface area contributed by atoms with Crippen molar-refractivity contribution in [1.82, 2.24) is 9.80 Å². The van der Waals surface area contributed by atoms with Crippen LogP contribution in [0.2, 0.25) is 0 Å². The number of hydrogen-bond donors (Lipinski definition) is 0. The first-order chi connectivity index (χ1) is 18.4. The lowest BCUT2D eigenvalue weighted by molar-refractivity contribution is -0.140. The van der Waals surface area contributed by atoms with Crippen LogP contribution in [0.5, 0.6) is 0 Å². The third-order valence-corrected chi connectivity index (χ3v) is 6.66. The van der Waals surface area contributed by atoms with Crippen molar-refractivity contribution in [3.05, 3.63) is 130 Å². The van der Waals surface area contributed by atoms with Gasteiger partial charge in [0.25, 0.3) is 0 Å². The van der Waals surface area contributed by atoms with Gasteiger partial charge in [0.1, 0.15) is 17.5 Å². The highest BCUT2D eigenvalue weighted by atomic mass is 35.5. The maximum atomic E-state index is 13.7. The van der Waals surface area contributed by atoms with Gasteiger partial charge in [-0.3, -0.25) is 14.4 Å². The minimum atomic E-state index is -0.942. The summed E-state index contributed by atoms with van der Waals surface area (Å²) in [5.74, 6) is -0.726. The second-order valence-corrected chi connectivity index (χ2v) is 9.54. The third kappa shape index (κ3) is 6.39. The van der Waals surface area contributed by atoms with Crippen LogP contribution in [0.3, 0.4) is 0 Å². The Balaban J connectivity index is 1.61. The van der Waals surface area contributed by atoms with E-state index in [-0.39, 0.29) is 37.5 Å². The predicted octanol–water partition coefficient (Wildman–Crippen LogP) is 5.62. The van der Waals surface area contributed by atoms with Gasteiger partial charge in [0.15, 0.2) is 5.43 Å². The lowest BCUT2D eigenvalue weighted by atomic mass is 10.1. The molecule has 4 aromatic rings. The summed E-state index contributed by atoms with van der Waals surface area (Å²) in [4.78, 5) is 43.1. The van der Waals surface area contributed by atoms with Crippen LogP contribution in [0, 0.1) is 6.92 Å². The Bertz CT molecular complexity index is 1480. The fourth-order valence-corrected chi connectivity index (χ4v) is 4.50. The molecule has 1 aromatic heterocycles. The van der Waals surface area contributed by atoms with Gasteiger partial charge in [-0.25, -0.2) is 0 Å². The number of carbonyl (C=O) groups excluding carboxylic acids is 2. The molecule has 3 aromatic carbocycles. The SMILES string of the molecule is C=CCN(CC(=O)N(Cc1ccccc1)Cc1coc2ccc(C)cc2c1=O)C(=O)C(Cl)c1ccccc1. The van der Waals surface area contributed by atoms with E-state index in [2.05, 4.69) is 6.58 Å². The van der Waals surface area contributed by atoms with Gasteiger partial charge in [0, 0.05) is 13.1 Å². The maximum Gasteiger partial charge on any atom is 0.245 e. The Hall–Kier alpha value is -4.16. The Kier molecular flexibility index (Phi) is 8.77. The molecule has 38 heavy (non-hydrogen) atoms. The van der Waals surface area contributed by atoms with E-state index in [4.69, 9.17) is 16.0 Å². The molecule has 0 saturated carbocycles. The molecular formula is C31H29ClN2O4.